The van der Waals surface area contributed by atoms with Crippen molar-refractivity contribution < 1.29 is 18.3 Å². The smallest absolute Gasteiger partial charge is 0.262 e. The normalized spacial score (nSPS) is 26.8. The Hall–Kier alpha value is -1.24. The Morgan fingerprint density at radius 1 is 1.29 bits per heavy atom. The lowest BCUT2D eigenvalue weighted by molar-refractivity contribution is -0.155. The molecule has 0 saturated carbocycles. The maximum absolute atomic E-state index is 13.6. The fraction of sp³-hybridized carbons (Fsp3) is 0.588. The average Bonchev–Trinajstić information content (AvgIpc) is 2.54. The monoisotopic (exact) mass is 360 g/mol. The molecule has 0 aliphatic carbocycles. The summed E-state index contributed by atoms with van der Waals surface area (Å²) in [6.45, 7) is 1.02. The summed E-state index contributed by atoms with van der Waals surface area (Å²) < 4.78 is 32.9. The molecule has 0 radical (unpaired) electrons. The number of benzene rings is 1. The Bertz CT molecular complexity index is 545. The highest BCUT2D eigenvalue weighted by atomic mass is 35.5. The van der Waals surface area contributed by atoms with Crippen molar-refractivity contribution in [2.24, 2.45) is 0 Å². The summed E-state index contributed by atoms with van der Waals surface area (Å²) in [5.41, 5.74) is 1.00. The van der Waals surface area contributed by atoms with Crippen molar-refractivity contribution in [3.63, 3.8) is 0 Å². The van der Waals surface area contributed by atoms with Gasteiger partial charge in [0, 0.05) is 25.6 Å². The van der Waals surface area contributed by atoms with Crippen molar-refractivity contribution in [3.8, 4) is 0 Å². The number of carbonyl (C=O) groups excluding carboxylic acids is 1. The zero-order valence-electron chi connectivity index (χ0n) is 13.4. The predicted octanol–water partition coefficient (Wildman–Crippen LogP) is 2.61. The van der Waals surface area contributed by atoms with E-state index in [1.54, 1.807) is 4.90 Å². The molecule has 2 heterocycles. The van der Waals surface area contributed by atoms with E-state index in [2.05, 4.69) is 5.32 Å². The molecule has 2 saturated heterocycles. The highest BCUT2D eigenvalue weighted by Crippen LogP contribution is 2.28. The molecular weight excluding hydrogens is 338 g/mol. The molecule has 1 aromatic rings. The van der Waals surface area contributed by atoms with Gasteiger partial charge in [-0.15, -0.1) is 12.4 Å². The number of ether oxygens (including phenoxy) is 1. The zero-order valence-corrected chi connectivity index (χ0v) is 14.2. The molecule has 2 atom stereocenters. The molecule has 2 aliphatic heterocycles. The highest BCUT2D eigenvalue weighted by Gasteiger charge is 2.42. The molecule has 1 N–H and O–H groups in total. The largest absolute Gasteiger partial charge is 0.364 e. The van der Waals surface area contributed by atoms with Gasteiger partial charge in [0.05, 0.1) is 13.2 Å². The van der Waals surface area contributed by atoms with E-state index in [4.69, 9.17) is 4.74 Å². The molecule has 0 spiro atoms. The third-order valence-electron chi connectivity index (χ3n) is 4.46. The van der Waals surface area contributed by atoms with Gasteiger partial charge in [0.2, 0.25) is 0 Å². The Labute approximate surface area is 147 Å². The Balaban J connectivity index is 0.00000208. The molecule has 0 aromatic heterocycles. The lowest BCUT2D eigenvalue weighted by atomic mass is 9.98. The van der Waals surface area contributed by atoms with Crippen molar-refractivity contribution in [3.05, 3.63) is 35.9 Å². The lowest BCUT2D eigenvalue weighted by Gasteiger charge is -2.41. The van der Waals surface area contributed by atoms with E-state index >= 15 is 0 Å². The number of amides is 1. The summed E-state index contributed by atoms with van der Waals surface area (Å²) in [5.74, 6) is -2.90. The van der Waals surface area contributed by atoms with E-state index in [9.17, 15) is 13.6 Å². The van der Waals surface area contributed by atoms with Crippen molar-refractivity contribution in [2.75, 3.05) is 19.6 Å². The first kappa shape index (κ1) is 19.1. The molecule has 1 amide bonds. The number of nitrogens with zero attached hydrogens (tertiary/aromatic N) is 1. The van der Waals surface area contributed by atoms with Crippen LogP contribution in [0.15, 0.2) is 30.3 Å². The van der Waals surface area contributed by atoms with Gasteiger partial charge in [0.1, 0.15) is 6.10 Å². The van der Waals surface area contributed by atoms with Crippen molar-refractivity contribution >= 4 is 18.3 Å². The van der Waals surface area contributed by atoms with E-state index in [1.165, 1.54) is 0 Å². The first-order valence-electron chi connectivity index (χ1n) is 8.10. The first-order chi connectivity index (χ1) is 11.1. The number of rotatable bonds is 4. The van der Waals surface area contributed by atoms with Gasteiger partial charge >= 0.3 is 0 Å². The minimum absolute atomic E-state index is 0. The maximum Gasteiger partial charge on any atom is 0.262 e. The van der Waals surface area contributed by atoms with Crippen LogP contribution >= 0.6 is 12.4 Å². The van der Waals surface area contributed by atoms with E-state index in [0.29, 0.717) is 26.1 Å². The number of likely N-dealkylation sites (tertiary alicyclic amines) is 1. The van der Waals surface area contributed by atoms with E-state index in [1.807, 2.05) is 30.3 Å². The molecule has 24 heavy (non-hydrogen) atoms. The number of halogens is 3. The van der Waals surface area contributed by atoms with Crippen LogP contribution in [0.5, 0.6) is 0 Å². The molecule has 4 nitrogen and oxygen atoms in total. The first-order valence-corrected chi connectivity index (χ1v) is 8.10. The summed E-state index contributed by atoms with van der Waals surface area (Å²) in [7, 11) is 0. The highest BCUT2D eigenvalue weighted by molar-refractivity contribution is 5.85. The minimum Gasteiger partial charge on any atom is -0.364 e. The number of hydrogen-bond donors (Lipinski definition) is 1. The van der Waals surface area contributed by atoms with Crippen LogP contribution in [0.4, 0.5) is 8.78 Å². The Morgan fingerprint density at radius 2 is 2.04 bits per heavy atom. The number of carbonyl (C=O) groups is 1. The summed E-state index contributed by atoms with van der Waals surface area (Å²) in [6, 6.07) is 9.20. The summed E-state index contributed by atoms with van der Waals surface area (Å²) in [4.78, 5) is 14.2. The number of nitrogens with one attached hydrogen (secondary N) is 1. The van der Waals surface area contributed by atoms with Crippen molar-refractivity contribution in [1.29, 1.82) is 0 Å². The van der Waals surface area contributed by atoms with Gasteiger partial charge in [-0.2, -0.15) is 0 Å². The molecule has 134 valence electrons. The SMILES string of the molecule is Cl.O=C1C(OCc2ccccc2)CCCN1[C@H]1CNCC(F)(F)C1. The maximum atomic E-state index is 13.6. The molecule has 2 aliphatic rings. The third kappa shape index (κ3) is 4.65. The predicted molar refractivity (Wildman–Crippen MR) is 89.4 cm³/mol. The van der Waals surface area contributed by atoms with Crippen LogP contribution in [0.2, 0.25) is 0 Å². The molecule has 0 bridgehead atoms. The van der Waals surface area contributed by atoms with E-state index in [-0.39, 0.29) is 31.3 Å². The lowest BCUT2D eigenvalue weighted by Crippen LogP contribution is -2.58. The zero-order chi connectivity index (χ0) is 16.3. The third-order valence-corrected chi connectivity index (χ3v) is 4.46. The van der Waals surface area contributed by atoms with Crippen LogP contribution in [0.1, 0.15) is 24.8 Å². The Morgan fingerprint density at radius 3 is 2.75 bits per heavy atom. The van der Waals surface area contributed by atoms with Crippen LogP contribution in [-0.2, 0) is 16.1 Å². The van der Waals surface area contributed by atoms with Gasteiger partial charge in [-0.1, -0.05) is 30.3 Å². The van der Waals surface area contributed by atoms with E-state index < -0.39 is 18.1 Å². The van der Waals surface area contributed by atoms with Gasteiger partial charge in [0.25, 0.3) is 11.8 Å². The quantitative estimate of drug-likeness (QED) is 0.897. The van der Waals surface area contributed by atoms with Crippen LogP contribution < -0.4 is 5.32 Å². The van der Waals surface area contributed by atoms with Crippen LogP contribution in [0.3, 0.4) is 0 Å². The van der Waals surface area contributed by atoms with Gasteiger partial charge in [-0.25, -0.2) is 8.78 Å². The van der Waals surface area contributed by atoms with Gasteiger partial charge in [0.15, 0.2) is 0 Å². The fourth-order valence-corrected chi connectivity index (χ4v) is 3.28. The van der Waals surface area contributed by atoms with Crippen molar-refractivity contribution in [1.82, 2.24) is 10.2 Å². The second-order valence-electron chi connectivity index (χ2n) is 6.30. The fourth-order valence-electron chi connectivity index (χ4n) is 3.28. The standard InChI is InChI=1S/C17H22F2N2O2.ClH/c18-17(19)9-14(10-20-12-17)21-8-4-7-15(16(21)22)23-11-13-5-2-1-3-6-13;/h1-3,5-6,14-15,20H,4,7-12H2;1H/t14-,15?;/m1./s1. The Kier molecular flexibility index (Phi) is 6.54. The topological polar surface area (TPSA) is 41.6 Å². The van der Waals surface area contributed by atoms with Gasteiger partial charge in [-0.05, 0) is 18.4 Å². The number of hydrogen-bond acceptors (Lipinski definition) is 3. The molecule has 2 fully saturated rings. The summed E-state index contributed by atoms with van der Waals surface area (Å²) >= 11 is 0. The second kappa shape index (κ2) is 8.23. The van der Waals surface area contributed by atoms with Crippen LogP contribution in [-0.4, -0.2) is 48.5 Å². The van der Waals surface area contributed by atoms with Gasteiger partial charge < -0.3 is 15.0 Å². The molecule has 3 rings (SSSR count). The van der Waals surface area contributed by atoms with Crippen LogP contribution in [0.25, 0.3) is 0 Å². The summed E-state index contributed by atoms with van der Waals surface area (Å²) in [5, 5.41) is 2.73. The van der Waals surface area contributed by atoms with Crippen LogP contribution in [0, 0.1) is 0 Å². The van der Waals surface area contributed by atoms with Crippen molar-refractivity contribution in [2.45, 2.75) is 43.9 Å². The molecule has 7 heteroatoms. The molecular formula is C17H23ClF2N2O2. The van der Waals surface area contributed by atoms with Gasteiger partial charge in [-0.3, -0.25) is 4.79 Å². The molecule has 1 unspecified atom stereocenters. The molecule has 1 aromatic carbocycles. The summed E-state index contributed by atoms with van der Waals surface area (Å²) in [6.07, 6.45) is 0.642. The average molecular weight is 361 g/mol. The number of alkyl halides is 2. The second-order valence-corrected chi connectivity index (χ2v) is 6.30. The van der Waals surface area contributed by atoms with E-state index in [0.717, 1.165) is 12.0 Å². The minimum atomic E-state index is -2.75. The number of piperidine rings is 2.